The van der Waals surface area contributed by atoms with E-state index in [0.29, 0.717) is 36.1 Å². The molecule has 0 saturated heterocycles. The molecular formula is C18H26Cl2N2O4S2. The highest BCUT2D eigenvalue weighted by molar-refractivity contribution is 8.76. The molecule has 2 aromatic heterocycles. The number of hydrogen-bond donors (Lipinski definition) is 2. The molecule has 6 nitrogen and oxygen atoms in total. The van der Waals surface area contributed by atoms with Gasteiger partial charge in [0.05, 0.1) is 24.6 Å². The van der Waals surface area contributed by atoms with E-state index in [9.17, 15) is 10.2 Å². The molecule has 2 N–H and O–H groups in total. The van der Waals surface area contributed by atoms with Crippen molar-refractivity contribution in [3.63, 3.8) is 0 Å². The summed E-state index contributed by atoms with van der Waals surface area (Å²) in [6.07, 6.45) is 3.57. The van der Waals surface area contributed by atoms with Gasteiger partial charge >= 0.3 is 2.85 Å². The molecule has 0 bridgehead atoms. The Labute approximate surface area is 189 Å². The Morgan fingerprint density at radius 2 is 1.18 bits per heavy atom. The molecule has 0 amide bonds. The Balaban J connectivity index is -0.00000182. The molecule has 2 rings (SSSR count). The topological polar surface area (TPSA) is 84.7 Å². The first-order valence-corrected chi connectivity index (χ1v) is 10.5. The SMILES string of the molecule is COCc1c(CSSCc2cnc(C)c(O)c2COC)cnc(C)c1O.[Cl-].[Cl-].[H+].[H+]. The molecule has 0 aromatic carbocycles. The lowest BCUT2D eigenvalue weighted by molar-refractivity contribution is -0.001000. The number of methoxy groups -OCH3 is 2. The highest BCUT2D eigenvalue weighted by Crippen LogP contribution is 2.35. The normalized spacial score (nSPS) is 10.3. The zero-order chi connectivity index (χ0) is 19.1. The molecule has 0 saturated carbocycles. The summed E-state index contributed by atoms with van der Waals surface area (Å²) in [5.41, 5.74) is 4.67. The third-order valence-electron chi connectivity index (χ3n) is 3.95. The summed E-state index contributed by atoms with van der Waals surface area (Å²) in [4.78, 5) is 8.46. The lowest BCUT2D eigenvalue weighted by Gasteiger charge is -2.13. The van der Waals surface area contributed by atoms with Gasteiger partial charge in [-0.15, -0.1) is 0 Å². The maximum atomic E-state index is 10.2. The number of pyridine rings is 2. The number of hydrogen-bond acceptors (Lipinski definition) is 8. The molecule has 2 heterocycles. The van der Waals surface area contributed by atoms with Crippen molar-refractivity contribution in [3.8, 4) is 11.5 Å². The number of halogens is 2. The summed E-state index contributed by atoms with van der Waals surface area (Å²) in [7, 11) is 6.52. The van der Waals surface area contributed by atoms with Gasteiger partial charge in [-0.3, -0.25) is 9.97 Å². The second-order valence-corrected chi connectivity index (χ2v) is 8.25. The molecule has 2 aromatic rings. The third-order valence-corrected chi connectivity index (χ3v) is 6.18. The maximum absolute atomic E-state index is 10.2. The molecule has 0 unspecified atom stereocenters. The quantitative estimate of drug-likeness (QED) is 0.326. The van der Waals surface area contributed by atoms with Crippen LogP contribution in [-0.4, -0.2) is 34.4 Å². The van der Waals surface area contributed by atoms with Crippen molar-refractivity contribution in [3.05, 3.63) is 46.0 Å². The Hall–Kier alpha value is -0.900. The van der Waals surface area contributed by atoms with Gasteiger partial charge in [-0.05, 0) is 25.0 Å². The number of aromatic nitrogens is 2. The predicted molar refractivity (Wildman–Crippen MR) is 108 cm³/mol. The summed E-state index contributed by atoms with van der Waals surface area (Å²) >= 11 is 0. The summed E-state index contributed by atoms with van der Waals surface area (Å²) < 4.78 is 10.4. The van der Waals surface area contributed by atoms with Gasteiger partial charge in [-0.2, -0.15) is 0 Å². The first-order valence-electron chi connectivity index (χ1n) is 8.04. The highest BCUT2D eigenvalue weighted by atomic mass is 35.5. The second-order valence-electron chi connectivity index (χ2n) is 5.78. The van der Waals surface area contributed by atoms with E-state index in [1.54, 1.807) is 62.0 Å². The Morgan fingerprint density at radius 1 is 0.821 bits per heavy atom. The number of nitrogens with zero attached hydrogens (tertiary/aromatic N) is 2. The van der Waals surface area contributed by atoms with E-state index in [4.69, 9.17) is 9.47 Å². The fourth-order valence-electron chi connectivity index (χ4n) is 2.44. The summed E-state index contributed by atoms with van der Waals surface area (Å²) in [6.45, 7) is 4.25. The molecule has 0 atom stereocenters. The molecular weight excluding hydrogens is 443 g/mol. The minimum atomic E-state index is 0. The standard InChI is InChI=1S/C18H24N2O4S2.2ClH/c1-11-17(21)15(7-23-3)13(5-19-11)9-25-26-10-14-6-20-12(2)18(22)16(14)8-24-4;;/h5-6,21-22H,7-10H2,1-4H3;2*1H. The van der Waals surface area contributed by atoms with Gasteiger partial charge in [0, 0.05) is 49.2 Å². The van der Waals surface area contributed by atoms with Gasteiger partial charge in [0.1, 0.15) is 11.5 Å². The molecule has 0 aliphatic heterocycles. The Kier molecular flexibility index (Phi) is 12.9. The minimum absolute atomic E-state index is 0. The van der Waals surface area contributed by atoms with Crippen molar-refractivity contribution in [1.29, 1.82) is 0 Å². The second kappa shape index (κ2) is 13.3. The van der Waals surface area contributed by atoms with E-state index < -0.39 is 0 Å². The zero-order valence-corrected chi connectivity index (χ0v) is 19.3. The number of aryl methyl sites for hydroxylation is 2. The fraction of sp³-hybridized carbons (Fsp3) is 0.444. The summed E-state index contributed by atoms with van der Waals surface area (Å²) in [5.74, 6) is 1.78. The Morgan fingerprint density at radius 3 is 1.50 bits per heavy atom. The van der Waals surface area contributed by atoms with Crippen LogP contribution < -0.4 is 24.8 Å². The van der Waals surface area contributed by atoms with Crippen LogP contribution in [0.25, 0.3) is 0 Å². The first kappa shape index (κ1) is 27.1. The lowest BCUT2D eigenvalue weighted by atomic mass is 10.1. The van der Waals surface area contributed by atoms with E-state index in [1.807, 2.05) is 0 Å². The van der Waals surface area contributed by atoms with Crippen molar-refractivity contribution in [2.75, 3.05) is 14.2 Å². The predicted octanol–water partition coefficient (Wildman–Crippen LogP) is -1.89. The van der Waals surface area contributed by atoms with Crippen LogP contribution in [0.15, 0.2) is 12.4 Å². The van der Waals surface area contributed by atoms with Crippen LogP contribution in [-0.2, 0) is 34.2 Å². The zero-order valence-electron chi connectivity index (χ0n) is 18.2. The van der Waals surface area contributed by atoms with Gasteiger partial charge < -0.3 is 44.5 Å². The number of ether oxygens (including phenoxy) is 2. The van der Waals surface area contributed by atoms with Crippen LogP contribution in [0.3, 0.4) is 0 Å². The van der Waals surface area contributed by atoms with Gasteiger partial charge in [0.2, 0.25) is 0 Å². The van der Waals surface area contributed by atoms with E-state index in [0.717, 1.165) is 22.3 Å². The maximum Gasteiger partial charge on any atom is 1.00 e. The third kappa shape index (κ3) is 6.86. The van der Waals surface area contributed by atoms with E-state index >= 15 is 0 Å². The average molecular weight is 469 g/mol. The molecule has 0 fully saturated rings. The monoisotopic (exact) mass is 468 g/mol. The van der Waals surface area contributed by atoms with Crippen molar-refractivity contribution in [2.24, 2.45) is 0 Å². The largest absolute Gasteiger partial charge is 1.00 e. The van der Waals surface area contributed by atoms with Crippen LogP contribution >= 0.6 is 21.6 Å². The molecule has 0 spiro atoms. The van der Waals surface area contributed by atoms with E-state index in [1.165, 1.54) is 0 Å². The Bertz CT molecular complexity index is 714. The van der Waals surface area contributed by atoms with Crippen LogP contribution in [0, 0.1) is 13.8 Å². The molecule has 0 aliphatic rings. The van der Waals surface area contributed by atoms with Crippen molar-refractivity contribution in [2.45, 2.75) is 38.6 Å². The van der Waals surface area contributed by atoms with Crippen LogP contribution in [0.5, 0.6) is 11.5 Å². The van der Waals surface area contributed by atoms with Crippen LogP contribution in [0.1, 0.15) is 36.5 Å². The molecule has 28 heavy (non-hydrogen) atoms. The number of rotatable bonds is 9. The molecule has 158 valence electrons. The van der Waals surface area contributed by atoms with Gasteiger partial charge in [-0.25, -0.2) is 0 Å². The average Bonchev–Trinajstić information content (AvgIpc) is 2.63. The van der Waals surface area contributed by atoms with E-state index in [-0.39, 0.29) is 39.2 Å². The molecule has 0 radical (unpaired) electrons. The van der Waals surface area contributed by atoms with Crippen molar-refractivity contribution >= 4 is 21.6 Å². The summed E-state index contributed by atoms with van der Waals surface area (Å²) in [5, 5.41) is 20.4. The van der Waals surface area contributed by atoms with Gasteiger partial charge in [-0.1, -0.05) is 21.6 Å². The highest BCUT2D eigenvalue weighted by Gasteiger charge is 2.14. The first-order chi connectivity index (χ1) is 12.5. The van der Waals surface area contributed by atoms with Crippen LogP contribution in [0.4, 0.5) is 0 Å². The summed E-state index contributed by atoms with van der Waals surface area (Å²) in [6, 6.07) is 0. The van der Waals surface area contributed by atoms with Gasteiger partial charge in [0.15, 0.2) is 0 Å². The van der Waals surface area contributed by atoms with Crippen LogP contribution in [0.2, 0.25) is 0 Å². The van der Waals surface area contributed by atoms with E-state index in [2.05, 4.69) is 9.97 Å². The minimum Gasteiger partial charge on any atom is -1.00 e. The van der Waals surface area contributed by atoms with Crippen molar-refractivity contribution in [1.82, 2.24) is 9.97 Å². The lowest BCUT2D eigenvalue weighted by Crippen LogP contribution is -3.00. The number of aromatic hydroxyl groups is 2. The molecule has 10 heteroatoms. The smallest absolute Gasteiger partial charge is 1.00 e. The van der Waals surface area contributed by atoms with Gasteiger partial charge in [0.25, 0.3) is 0 Å². The van der Waals surface area contributed by atoms with Crippen molar-refractivity contribution < 1.29 is 47.4 Å². The fourth-order valence-corrected chi connectivity index (χ4v) is 4.62. The molecule has 0 aliphatic carbocycles.